The van der Waals surface area contributed by atoms with Crippen molar-refractivity contribution in [2.75, 3.05) is 19.7 Å². The van der Waals surface area contributed by atoms with Crippen LogP contribution in [0.5, 0.6) is 0 Å². The number of hydrogen-bond acceptors (Lipinski definition) is 4. The molecule has 0 aliphatic heterocycles. The molecule has 0 aliphatic carbocycles. The van der Waals surface area contributed by atoms with Crippen molar-refractivity contribution < 1.29 is 19.8 Å². The average molecular weight is 330 g/mol. The van der Waals surface area contributed by atoms with Crippen LogP contribution in [0.3, 0.4) is 0 Å². The quantitative estimate of drug-likeness (QED) is 0.404. The summed E-state index contributed by atoms with van der Waals surface area (Å²) in [6, 6.07) is 0. The van der Waals surface area contributed by atoms with Gasteiger partial charge >= 0.3 is 0 Å². The van der Waals surface area contributed by atoms with Crippen molar-refractivity contribution in [3.63, 3.8) is 0 Å². The summed E-state index contributed by atoms with van der Waals surface area (Å²) in [6.07, 6.45) is 4.39. The van der Waals surface area contributed by atoms with Crippen molar-refractivity contribution >= 4 is 11.8 Å². The number of nitrogens with one attached hydrogen (secondary N) is 2. The number of aliphatic hydroxyl groups excluding tert-OH is 2. The predicted octanol–water partition coefficient (Wildman–Crippen LogP) is 1.20. The van der Waals surface area contributed by atoms with Crippen LogP contribution in [0.25, 0.3) is 0 Å². The summed E-state index contributed by atoms with van der Waals surface area (Å²) >= 11 is 0. The van der Waals surface area contributed by atoms with Gasteiger partial charge < -0.3 is 20.8 Å². The Morgan fingerprint density at radius 1 is 1.04 bits per heavy atom. The summed E-state index contributed by atoms with van der Waals surface area (Å²) in [5, 5.41) is 24.4. The third kappa shape index (κ3) is 8.91. The lowest BCUT2D eigenvalue weighted by Gasteiger charge is -2.27. The van der Waals surface area contributed by atoms with Crippen LogP contribution in [0.15, 0.2) is 0 Å². The Balaban J connectivity index is 3.98. The molecule has 136 valence electrons. The van der Waals surface area contributed by atoms with Crippen molar-refractivity contribution in [2.24, 2.45) is 11.3 Å². The Bertz CT molecular complexity index is 359. The molecule has 0 rings (SSSR count). The maximum absolute atomic E-state index is 11.9. The van der Waals surface area contributed by atoms with E-state index in [9.17, 15) is 14.7 Å². The second-order valence-corrected chi connectivity index (χ2v) is 6.90. The third-order valence-corrected chi connectivity index (χ3v) is 4.01. The van der Waals surface area contributed by atoms with Crippen LogP contribution in [0.2, 0.25) is 0 Å². The van der Waals surface area contributed by atoms with E-state index in [4.69, 9.17) is 5.11 Å². The summed E-state index contributed by atoms with van der Waals surface area (Å²) in [5.41, 5.74) is -0.909. The predicted molar refractivity (Wildman–Crippen MR) is 90.8 cm³/mol. The monoisotopic (exact) mass is 330 g/mol. The molecule has 0 bridgehead atoms. The van der Waals surface area contributed by atoms with Crippen molar-refractivity contribution in [2.45, 2.75) is 65.9 Å². The Hall–Kier alpha value is -1.14. The highest BCUT2D eigenvalue weighted by atomic mass is 16.3. The zero-order valence-corrected chi connectivity index (χ0v) is 15.0. The molecule has 6 heteroatoms. The smallest absolute Gasteiger partial charge is 0.249 e. The Morgan fingerprint density at radius 3 is 2.22 bits per heavy atom. The molecule has 0 heterocycles. The van der Waals surface area contributed by atoms with Gasteiger partial charge in [-0.3, -0.25) is 9.59 Å². The van der Waals surface area contributed by atoms with Gasteiger partial charge in [0.05, 0.1) is 12.5 Å². The molecule has 2 amide bonds. The minimum absolute atomic E-state index is 0.100. The lowest BCUT2D eigenvalue weighted by molar-refractivity contribution is -0.137. The zero-order chi connectivity index (χ0) is 17.9. The van der Waals surface area contributed by atoms with E-state index in [1.165, 1.54) is 19.3 Å². The molecule has 0 aromatic heterocycles. The zero-order valence-electron chi connectivity index (χ0n) is 15.0. The number of rotatable bonds is 12. The lowest BCUT2D eigenvalue weighted by Crippen LogP contribution is -2.47. The van der Waals surface area contributed by atoms with Gasteiger partial charge in [0.2, 0.25) is 11.8 Å². The van der Waals surface area contributed by atoms with E-state index < -0.39 is 17.4 Å². The Labute approximate surface area is 140 Å². The van der Waals surface area contributed by atoms with Gasteiger partial charge in [0.1, 0.15) is 6.10 Å². The first-order valence-corrected chi connectivity index (χ1v) is 8.60. The summed E-state index contributed by atoms with van der Waals surface area (Å²) in [6.45, 7) is 7.63. The highest BCUT2D eigenvalue weighted by Crippen LogP contribution is 2.19. The first-order chi connectivity index (χ1) is 10.8. The molecule has 0 saturated carbocycles. The number of amides is 2. The molecule has 0 aromatic carbocycles. The van der Waals surface area contributed by atoms with E-state index >= 15 is 0 Å². The second kappa shape index (κ2) is 11.4. The fourth-order valence-corrected chi connectivity index (χ4v) is 2.00. The van der Waals surface area contributed by atoms with Crippen molar-refractivity contribution in [3.8, 4) is 0 Å². The minimum atomic E-state index is -1.30. The van der Waals surface area contributed by atoms with Gasteiger partial charge in [0.25, 0.3) is 0 Å². The molecule has 4 N–H and O–H groups in total. The Kier molecular flexibility index (Phi) is 10.8. The highest BCUT2D eigenvalue weighted by Gasteiger charge is 2.33. The molecule has 6 nitrogen and oxygen atoms in total. The van der Waals surface area contributed by atoms with E-state index in [2.05, 4.69) is 17.6 Å². The molecule has 0 radical (unpaired) electrons. The molecule has 1 unspecified atom stereocenters. The van der Waals surface area contributed by atoms with Crippen molar-refractivity contribution in [3.05, 3.63) is 0 Å². The Morgan fingerprint density at radius 2 is 1.65 bits per heavy atom. The topological polar surface area (TPSA) is 98.7 Å². The van der Waals surface area contributed by atoms with Gasteiger partial charge in [-0.15, -0.1) is 0 Å². The highest BCUT2D eigenvalue weighted by molar-refractivity contribution is 5.83. The molecular weight excluding hydrogens is 296 g/mol. The fourth-order valence-electron chi connectivity index (χ4n) is 2.00. The average Bonchev–Trinajstić information content (AvgIpc) is 2.54. The molecule has 0 spiro atoms. The fraction of sp³-hybridized carbons (Fsp3) is 0.882. The number of carbonyl (C=O) groups excluding carboxylic acids is 2. The van der Waals surface area contributed by atoms with Gasteiger partial charge in [-0.2, -0.15) is 0 Å². The first-order valence-electron chi connectivity index (χ1n) is 8.60. The van der Waals surface area contributed by atoms with Crippen LogP contribution in [0, 0.1) is 11.3 Å². The van der Waals surface area contributed by atoms with Crippen LogP contribution in [-0.4, -0.2) is 47.8 Å². The van der Waals surface area contributed by atoms with Gasteiger partial charge in [0, 0.05) is 18.5 Å². The number of unbranched alkanes of at least 4 members (excludes halogenated alkanes) is 4. The maximum atomic E-state index is 11.9. The number of aliphatic hydroxyl groups is 2. The van der Waals surface area contributed by atoms with Gasteiger partial charge in [0.15, 0.2) is 0 Å². The van der Waals surface area contributed by atoms with Crippen LogP contribution in [0.4, 0.5) is 0 Å². The largest absolute Gasteiger partial charge is 0.396 e. The van der Waals surface area contributed by atoms with Crippen LogP contribution in [0.1, 0.15) is 59.8 Å². The third-order valence-electron chi connectivity index (χ3n) is 4.01. The van der Waals surface area contributed by atoms with Crippen molar-refractivity contribution in [1.29, 1.82) is 0 Å². The molecule has 0 aliphatic rings. The van der Waals surface area contributed by atoms with E-state index in [-0.39, 0.29) is 25.0 Å². The van der Waals surface area contributed by atoms with Gasteiger partial charge in [-0.25, -0.2) is 0 Å². The molecule has 2 atom stereocenters. The summed E-state index contributed by atoms with van der Waals surface area (Å²) < 4.78 is 0. The first kappa shape index (κ1) is 21.9. The minimum Gasteiger partial charge on any atom is -0.396 e. The van der Waals surface area contributed by atoms with E-state index in [1.54, 1.807) is 20.8 Å². The van der Waals surface area contributed by atoms with Gasteiger partial charge in [-0.1, -0.05) is 53.4 Å². The second-order valence-electron chi connectivity index (χ2n) is 6.90. The number of carbonyl (C=O) groups is 2. The van der Waals surface area contributed by atoms with E-state index in [1.807, 2.05) is 0 Å². The molecule has 0 aromatic rings. The maximum Gasteiger partial charge on any atom is 0.249 e. The summed E-state index contributed by atoms with van der Waals surface area (Å²) in [5.74, 6) is -1.03. The summed E-state index contributed by atoms with van der Waals surface area (Å²) in [7, 11) is 0. The molecule has 0 fully saturated rings. The summed E-state index contributed by atoms with van der Waals surface area (Å²) in [4.78, 5) is 23.7. The van der Waals surface area contributed by atoms with Crippen LogP contribution >= 0.6 is 0 Å². The van der Waals surface area contributed by atoms with Gasteiger partial charge in [-0.05, 0) is 6.42 Å². The van der Waals surface area contributed by atoms with Crippen molar-refractivity contribution in [1.82, 2.24) is 10.6 Å². The van der Waals surface area contributed by atoms with Crippen LogP contribution < -0.4 is 10.6 Å². The van der Waals surface area contributed by atoms with E-state index in [0.29, 0.717) is 6.54 Å². The lowest BCUT2D eigenvalue weighted by atomic mass is 9.87. The molecule has 23 heavy (non-hydrogen) atoms. The standard InChI is InChI=1S/C17H34N2O4/c1-5-6-7-8-9-10-18-15(22)13(2)11-19-16(23)14(21)17(3,4)12-20/h13-14,20-21H,5-12H2,1-4H3,(H,18,22)(H,19,23)/t13?,14-/m0/s1. The molecule has 0 saturated heterocycles. The molecular formula is C17H34N2O4. The SMILES string of the molecule is CCCCCCCNC(=O)C(C)CNC(=O)[C@H](O)C(C)(C)CO. The van der Waals surface area contributed by atoms with Crippen LogP contribution in [-0.2, 0) is 9.59 Å². The van der Waals surface area contributed by atoms with E-state index in [0.717, 1.165) is 12.8 Å². The number of hydrogen-bond donors (Lipinski definition) is 4. The normalized spacial score (nSPS) is 14.2.